The number of benzene rings is 7. The first-order chi connectivity index (χ1) is 28.9. The molecule has 288 valence electrons. The van der Waals surface area contributed by atoms with Gasteiger partial charge in [-0.25, -0.2) is 4.98 Å². The molecule has 0 bridgehead atoms. The molecule has 0 unspecified atom stereocenters. The summed E-state index contributed by atoms with van der Waals surface area (Å²) in [6.45, 7) is 8.87. The van der Waals surface area contributed by atoms with Gasteiger partial charge in [0, 0.05) is 28.8 Å². The minimum atomic E-state index is 0. The van der Waals surface area contributed by atoms with E-state index in [1.165, 1.54) is 44.5 Å². The Hall–Kier alpha value is -6.91. The van der Waals surface area contributed by atoms with Gasteiger partial charge in [-0.2, -0.15) is 0 Å². The molecule has 0 aliphatic carbocycles. The quantitative estimate of drug-likeness (QED) is 0.100. The molecule has 0 aliphatic rings. The van der Waals surface area contributed by atoms with Crippen LogP contribution in [-0.2, 0) is 20.4 Å². The van der Waals surface area contributed by atoms with Gasteiger partial charge in [0.15, 0.2) is 0 Å². The number of aromatic nitrogens is 5. The van der Waals surface area contributed by atoms with E-state index in [-0.39, 0.29) is 20.4 Å². The number of ether oxygens (including phenoxy) is 1. The molecular formula is C53H35N5OPd. The molecule has 0 radical (unpaired) electrons. The maximum Gasteiger partial charge on any atom is 2.00 e. The fourth-order valence-corrected chi connectivity index (χ4v) is 9.55. The number of rotatable bonds is 4. The maximum atomic E-state index is 6.69. The molecule has 0 aliphatic heterocycles. The first kappa shape index (κ1) is 36.2. The van der Waals surface area contributed by atoms with E-state index < -0.39 is 0 Å². The van der Waals surface area contributed by atoms with Crippen LogP contribution in [0, 0.1) is 39.8 Å². The fraction of sp³-hybridized carbons (Fsp3) is 0.0755. The average Bonchev–Trinajstić information content (AvgIpc) is 3.84. The molecule has 12 aromatic rings. The van der Waals surface area contributed by atoms with Crippen LogP contribution in [0.15, 0.2) is 140 Å². The molecule has 0 N–H and O–H groups in total. The molecule has 7 aromatic carbocycles. The SMILES string of the molecule is Cc1cccc(C)c1-c1ccc2c3ccc(Oc4[c-]c5c(cc4)c4cccnc4n4c6ccccc6nc54)[c-]c3c3nc4ccccc4n3c2c1-c1c(C)cccc1C.[Pd+2]. The molecule has 0 atom stereocenters. The van der Waals surface area contributed by atoms with Crippen molar-refractivity contribution in [3.05, 3.63) is 174 Å². The number of nitrogens with zero attached hydrogens (tertiary/aromatic N) is 5. The van der Waals surface area contributed by atoms with Crippen molar-refractivity contribution in [2.45, 2.75) is 27.7 Å². The van der Waals surface area contributed by atoms with Crippen LogP contribution in [0.4, 0.5) is 0 Å². The molecule has 60 heavy (non-hydrogen) atoms. The van der Waals surface area contributed by atoms with Crippen LogP contribution in [-0.4, -0.2) is 23.8 Å². The van der Waals surface area contributed by atoms with Crippen molar-refractivity contribution in [3.63, 3.8) is 0 Å². The molecule has 0 saturated carbocycles. The largest absolute Gasteiger partial charge is 2.00 e. The average molecular weight is 864 g/mol. The van der Waals surface area contributed by atoms with Gasteiger partial charge in [-0.1, -0.05) is 125 Å². The van der Waals surface area contributed by atoms with Gasteiger partial charge < -0.3 is 13.5 Å². The Balaban J connectivity index is 0.00000408. The summed E-state index contributed by atoms with van der Waals surface area (Å²) in [5.41, 5.74) is 17.4. The van der Waals surface area contributed by atoms with Crippen molar-refractivity contribution in [2.24, 2.45) is 0 Å². The summed E-state index contributed by atoms with van der Waals surface area (Å²) in [5.74, 6) is 1.15. The molecule has 6 nitrogen and oxygen atoms in total. The van der Waals surface area contributed by atoms with Crippen LogP contribution in [0.2, 0.25) is 0 Å². The summed E-state index contributed by atoms with van der Waals surface area (Å²) < 4.78 is 11.2. The van der Waals surface area contributed by atoms with Crippen molar-refractivity contribution < 1.29 is 25.2 Å². The standard InChI is InChI=1S/C53H35N5O.Pd/c1-30-12-9-13-31(2)47(30)40-26-25-38-36-23-21-34(28-41(36)52-55-43-17-5-7-19-45(43)57(52)50(38)49(40)48-32(3)14-10-15-33(48)4)59-35-22-24-37-39-16-11-27-54-51(39)58-46-20-8-6-18-44(46)56-53(58)42(37)29-35;/h5-27H,1-4H3;/q-2;+2. The van der Waals surface area contributed by atoms with E-state index in [2.05, 4.69) is 146 Å². The summed E-state index contributed by atoms with van der Waals surface area (Å²) in [6, 6.07) is 54.0. The summed E-state index contributed by atoms with van der Waals surface area (Å²) >= 11 is 0. The van der Waals surface area contributed by atoms with E-state index in [1.807, 2.05) is 42.6 Å². The number of hydrogen-bond donors (Lipinski definition) is 0. The third-order valence-corrected chi connectivity index (χ3v) is 12.1. The van der Waals surface area contributed by atoms with Gasteiger partial charge in [-0.15, -0.1) is 12.1 Å². The topological polar surface area (TPSA) is 56.7 Å². The monoisotopic (exact) mass is 863 g/mol. The third-order valence-electron chi connectivity index (χ3n) is 12.1. The molecule has 0 saturated heterocycles. The van der Waals surface area contributed by atoms with E-state index in [0.717, 1.165) is 76.8 Å². The Morgan fingerprint density at radius 2 is 0.983 bits per heavy atom. The molecule has 12 rings (SSSR count). The number of pyridine rings is 3. The van der Waals surface area contributed by atoms with Crippen molar-refractivity contribution in [1.82, 2.24) is 23.8 Å². The smallest absolute Gasteiger partial charge is 0.497 e. The molecule has 5 aromatic heterocycles. The summed E-state index contributed by atoms with van der Waals surface area (Å²) in [7, 11) is 0. The number of para-hydroxylation sites is 4. The van der Waals surface area contributed by atoms with Gasteiger partial charge in [-0.05, 0) is 108 Å². The number of imidazole rings is 2. The van der Waals surface area contributed by atoms with Gasteiger partial charge in [0.25, 0.3) is 0 Å². The zero-order valence-corrected chi connectivity index (χ0v) is 34.8. The number of aryl methyl sites for hydroxylation is 4. The fourth-order valence-electron chi connectivity index (χ4n) is 9.55. The maximum absolute atomic E-state index is 6.69. The van der Waals surface area contributed by atoms with Gasteiger partial charge in [0.05, 0.1) is 33.4 Å². The molecule has 0 fully saturated rings. The summed E-state index contributed by atoms with van der Waals surface area (Å²) in [6.07, 6.45) is 1.83. The predicted molar refractivity (Wildman–Crippen MR) is 241 cm³/mol. The third kappa shape index (κ3) is 5.20. The second-order valence-corrected chi connectivity index (χ2v) is 15.6. The Labute approximate surface area is 359 Å². The Kier molecular flexibility index (Phi) is 8.19. The van der Waals surface area contributed by atoms with Crippen LogP contribution >= 0.6 is 0 Å². The van der Waals surface area contributed by atoms with Crippen molar-refractivity contribution >= 4 is 76.8 Å². The Bertz CT molecular complexity index is 3730. The first-order valence-electron chi connectivity index (χ1n) is 20.0. The van der Waals surface area contributed by atoms with Crippen molar-refractivity contribution in [3.8, 4) is 33.8 Å². The zero-order valence-electron chi connectivity index (χ0n) is 33.2. The van der Waals surface area contributed by atoms with E-state index >= 15 is 0 Å². The van der Waals surface area contributed by atoms with Crippen molar-refractivity contribution in [1.29, 1.82) is 0 Å². The van der Waals surface area contributed by atoms with Crippen LogP contribution in [0.5, 0.6) is 11.5 Å². The second kappa shape index (κ2) is 13.6. The summed E-state index contributed by atoms with van der Waals surface area (Å²) in [4.78, 5) is 15.2. The van der Waals surface area contributed by atoms with Crippen LogP contribution in [0.1, 0.15) is 22.3 Å². The molecular weight excluding hydrogens is 829 g/mol. The van der Waals surface area contributed by atoms with Crippen LogP contribution in [0.25, 0.3) is 99.1 Å². The second-order valence-electron chi connectivity index (χ2n) is 15.6. The molecule has 0 amide bonds. The zero-order chi connectivity index (χ0) is 39.5. The van der Waals surface area contributed by atoms with Gasteiger partial charge >= 0.3 is 20.4 Å². The van der Waals surface area contributed by atoms with Crippen molar-refractivity contribution in [2.75, 3.05) is 0 Å². The Morgan fingerprint density at radius 1 is 0.450 bits per heavy atom. The first-order valence-corrected chi connectivity index (χ1v) is 20.0. The molecule has 5 heterocycles. The van der Waals surface area contributed by atoms with Gasteiger partial charge in [0.1, 0.15) is 5.65 Å². The van der Waals surface area contributed by atoms with Crippen LogP contribution in [0.3, 0.4) is 0 Å². The number of fused-ring (bicyclic) bond motifs is 16. The number of hydrogen-bond acceptors (Lipinski definition) is 4. The van der Waals surface area contributed by atoms with E-state index in [1.54, 1.807) is 0 Å². The van der Waals surface area contributed by atoms with Crippen LogP contribution < -0.4 is 4.74 Å². The van der Waals surface area contributed by atoms with E-state index in [0.29, 0.717) is 11.5 Å². The van der Waals surface area contributed by atoms with E-state index in [9.17, 15) is 0 Å². The predicted octanol–water partition coefficient (Wildman–Crippen LogP) is 13.3. The normalized spacial score (nSPS) is 11.9. The molecule has 0 spiro atoms. The minimum Gasteiger partial charge on any atom is -0.497 e. The summed E-state index contributed by atoms with van der Waals surface area (Å²) in [5, 5.41) is 5.98. The molecule has 7 heteroatoms. The van der Waals surface area contributed by atoms with E-state index in [4.69, 9.17) is 19.7 Å². The minimum absolute atomic E-state index is 0. The van der Waals surface area contributed by atoms with Gasteiger partial charge in [0.2, 0.25) is 0 Å². The van der Waals surface area contributed by atoms with Gasteiger partial charge in [-0.3, -0.25) is 9.97 Å². The Morgan fingerprint density at radius 3 is 1.62 bits per heavy atom.